The Labute approximate surface area is 97.1 Å². The Balaban J connectivity index is 1.87. The first-order valence-corrected chi connectivity index (χ1v) is 5.90. The molecule has 0 aliphatic carbocycles. The van der Waals surface area contributed by atoms with Crippen molar-refractivity contribution in [2.24, 2.45) is 0 Å². The molecule has 0 aromatic heterocycles. The molecule has 5 heteroatoms. The largest absolute Gasteiger partial charge is 0.389 e. The summed E-state index contributed by atoms with van der Waals surface area (Å²) in [4.78, 5) is 0. The average molecular weight is 233 g/mol. The Morgan fingerprint density at radius 1 is 1.50 bits per heavy atom. The average Bonchev–Trinajstić information content (AvgIpc) is 2.77. The number of rotatable bonds is 9. The molecule has 1 fully saturated rings. The van der Waals surface area contributed by atoms with Gasteiger partial charge in [0, 0.05) is 26.8 Å². The van der Waals surface area contributed by atoms with Crippen molar-refractivity contribution in [3.05, 3.63) is 0 Å². The second-order valence-electron chi connectivity index (χ2n) is 4.01. The lowest BCUT2D eigenvalue weighted by Crippen LogP contribution is -2.35. The molecule has 0 radical (unpaired) electrons. The predicted octanol–water partition coefficient (Wildman–Crippen LogP) is -0.221. The first kappa shape index (κ1) is 13.9. The fourth-order valence-electron chi connectivity index (χ4n) is 1.64. The Hall–Kier alpha value is -0.200. The van der Waals surface area contributed by atoms with E-state index in [1.54, 1.807) is 7.11 Å². The highest BCUT2D eigenvalue weighted by atomic mass is 16.5. The van der Waals surface area contributed by atoms with E-state index in [1.807, 2.05) is 0 Å². The second-order valence-corrected chi connectivity index (χ2v) is 4.01. The fourth-order valence-corrected chi connectivity index (χ4v) is 1.64. The number of hydrogen-bond donors (Lipinski definition) is 2. The Morgan fingerprint density at radius 3 is 3.06 bits per heavy atom. The van der Waals surface area contributed by atoms with Gasteiger partial charge in [0.15, 0.2) is 0 Å². The van der Waals surface area contributed by atoms with Crippen LogP contribution in [0.3, 0.4) is 0 Å². The van der Waals surface area contributed by atoms with E-state index in [2.05, 4.69) is 5.32 Å². The zero-order chi connectivity index (χ0) is 11.6. The molecular formula is C11H23NO4. The minimum absolute atomic E-state index is 0.321. The zero-order valence-corrected chi connectivity index (χ0v) is 9.98. The Morgan fingerprint density at radius 2 is 2.38 bits per heavy atom. The molecule has 0 aromatic rings. The summed E-state index contributed by atoms with van der Waals surface area (Å²) in [5, 5.41) is 12.7. The summed E-state index contributed by atoms with van der Waals surface area (Å²) >= 11 is 0. The van der Waals surface area contributed by atoms with Gasteiger partial charge in [-0.2, -0.15) is 0 Å². The minimum atomic E-state index is -0.460. The molecule has 1 rings (SSSR count). The Bertz CT molecular complexity index is 162. The molecule has 1 heterocycles. The van der Waals surface area contributed by atoms with Gasteiger partial charge >= 0.3 is 0 Å². The first-order valence-electron chi connectivity index (χ1n) is 5.90. The SMILES string of the molecule is COCCOCC(O)CNCC1CCCO1. The molecule has 96 valence electrons. The third-order valence-corrected chi connectivity index (χ3v) is 2.52. The van der Waals surface area contributed by atoms with Crippen molar-refractivity contribution in [2.75, 3.05) is 46.6 Å². The third kappa shape index (κ3) is 6.40. The normalized spacial score (nSPS) is 22.5. The van der Waals surface area contributed by atoms with Gasteiger partial charge in [-0.15, -0.1) is 0 Å². The van der Waals surface area contributed by atoms with Gasteiger partial charge < -0.3 is 24.6 Å². The van der Waals surface area contributed by atoms with Crippen LogP contribution in [-0.4, -0.2) is 63.9 Å². The van der Waals surface area contributed by atoms with Crippen molar-refractivity contribution in [3.8, 4) is 0 Å². The topological polar surface area (TPSA) is 60.0 Å². The standard InChI is InChI=1S/C11H23NO4/c1-14-5-6-15-9-10(13)7-12-8-11-3-2-4-16-11/h10-13H,2-9H2,1H3. The molecule has 0 bridgehead atoms. The van der Waals surface area contributed by atoms with Gasteiger partial charge in [-0.25, -0.2) is 0 Å². The monoisotopic (exact) mass is 233 g/mol. The van der Waals surface area contributed by atoms with Crippen molar-refractivity contribution in [1.82, 2.24) is 5.32 Å². The third-order valence-electron chi connectivity index (χ3n) is 2.52. The maximum absolute atomic E-state index is 9.55. The molecule has 16 heavy (non-hydrogen) atoms. The molecule has 0 amide bonds. The molecule has 0 aromatic carbocycles. The summed E-state index contributed by atoms with van der Waals surface area (Å²) < 4.78 is 15.5. The van der Waals surface area contributed by atoms with Crippen LogP contribution in [-0.2, 0) is 14.2 Å². The molecule has 1 aliphatic heterocycles. The summed E-state index contributed by atoms with van der Waals surface area (Å²) in [6, 6.07) is 0. The number of aliphatic hydroxyl groups excluding tert-OH is 1. The molecular weight excluding hydrogens is 210 g/mol. The van der Waals surface area contributed by atoms with E-state index in [4.69, 9.17) is 14.2 Å². The molecule has 1 saturated heterocycles. The summed E-state index contributed by atoms with van der Waals surface area (Å²) in [5.41, 5.74) is 0. The van der Waals surface area contributed by atoms with Crippen molar-refractivity contribution < 1.29 is 19.3 Å². The number of methoxy groups -OCH3 is 1. The van der Waals surface area contributed by atoms with Crippen LogP contribution in [0.1, 0.15) is 12.8 Å². The van der Waals surface area contributed by atoms with Crippen LogP contribution >= 0.6 is 0 Å². The maximum atomic E-state index is 9.55. The summed E-state index contributed by atoms with van der Waals surface area (Å²) in [7, 11) is 1.63. The van der Waals surface area contributed by atoms with E-state index >= 15 is 0 Å². The van der Waals surface area contributed by atoms with Crippen LogP contribution < -0.4 is 5.32 Å². The van der Waals surface area contributed by atoms with Crippen LogP contribution in [0.2, 0.25) is 0 Å². The molecule has 0 saturated carbocycles. The highest BCUT2D eigenvalue weighted by molar-refractivity contribution is 4.68. The van der Waals surface area contributed by atoms with Crippen LogP contribution in [0.25, 0.3) is 0 Å². The molecule has 2 atom stereocenters. The molecule has 2 N–H and O–H groups in total. The fraction of sp³-hybridized carbons (Fsp3) is 1.00. The van der Waals surface area contributed by atoms with Gasteiger partial charge in [0.1, 0.15) is 0 Å². The van der Waals surface area contributed by atoms with E-state index in [0.29, 0.717) is 32.5 Å². The van der Waals surface area contributed by atoms with Crippen molar-refractivity contribution in [3.63, 3.8) is 0 Å². The van der Waals surface area contributed by atoms with E-state index in [-0.39, 0.29) is 0 Å². The quantitative estimate of drug-likeness (QED) is 0.539. The van der Waals surface area contributed by atoms with Crippen LogP contribution in [0, 0.1) is 0 Å². The zero-order valence-electron chi connectivity index (χ0n) is 9.98. The van der Waals surface area contributed by atoms with E-state index in [1.165, 1.54) is 0 Å². The molecule has 5 nitrogen and oxygen atoms in total. The number of nitrogens with one attached hydrogen (secondary N) is 1. The maximum Gasteiger partial charge on any atom is 0.0897 e. The van der Waals surface area contributed by atoms with Gasteiger partial charge in [0.2, 0.25) is 0 Å². The van der Waals surface area contributed by atoms with Gasteiger partial charge in [0.25, 0.3) is 0 Å². The summed E-state index contributed by atoms with van der Waals surface area (Å²) in [6.45, 7) is 3.67. The predicted molar refractivity (Wildman–Crippen MR) is 60.5 cm³/mol. The lowest BCUT2D eigenvalue weighted by Gasteiger charge is -2.14. The van der Waals surface area contributed by atoms with Gasteiger partial charge in [-0.1, -0.05) is 0 Å². The van der Waals surface area contributed by atoms with E-state index in [9.17, 15) is 5.11 Å². The number of hydrogen-bond acceptors (Lipinski definition) is 5. The van der Waals surface area contributed by atoms with Gasteiger partial charge in [-0.3, -0.25) is 0 Å². The number of aliphatic hydroxyl groups is 1. The van der Waals surface area contributed by atoms with Crippen LogP contribution in [0.5, 0.6) is 0 Å². The van der Waals surface area contributed by atoms with Gasteiger partial charge in [0.05, 0.1) is 32.0 Å². The molecule has 1 aliphatic rings. The molecule has 0 spiro atoms. The highest BCUT2D eigenvalue weighted by Gasteiger charge is 2.15. The van der Waals surface area contributed by atoms with E-state index < -0.39 is 6.10 Å². The van der Waals surface area contributed by atoms with Crippen molar-refractivity contribution in [2.45, 2.75) is 25.0 Å². The Kier molecular flexibility index (Phi) is 7.71. The van der Waals surface area contributed by atoms with Gasteiger partial charge in [-0.05, 0) is 12.8 Å². The molecule has 2 unspecified atom stereocenters. The summed E-state index contributed by atoms with van der Waals surface area (Å²) in [5.74, 6) is 0. The summed E-state index contributed by atoms with van der Waals surface area (Å²) in [6.07, 6.45) is 2.13. The number of ether oxygens (including phenoxy) is 3. The van der Waals surface area contributed by atoms with E-state index in [0.717, 1.165) is 26.0 Å². The lowest BCUT2D eigenvalue weighted by molar-refractivity contribution is 0.0124. The van der Waals surface area contributed by atoms with Crippen molar-refractivity contribution >= 4 is 0 Å². The highest BCUT2D eigenvalue weighted by Crippen LogP contribution is 2.10. The minimum Gasteiger partial charge on any atom is -0.389 e. The van der Waals surface area contributed by atoms with Crippen LogP contribution in [0.4, 0.5) is 0 Å². The smallest absolute Gasteiger partial charge is 0.0897 e. The second kappa shape index (κ2) is 8.90. The van der Waals surface area contributed by atoms with Crippen LogP contribution in [0.15, 0.2) is 0 Å². The lowest BCUT2D eigenvalue weighted by atomic mass is 10.2. The van der Waals surface area contributed by atoms with Crippen molar-refractivity contribution in [1.29, 1.82) is 0 Å². The first-order chi connectivity index (χ1) is 7.83.